The molecule has 0 N–H and O–H groups in total. The maximum absolute atomic E-state index is 13.9. The van der Waals surface area contributed by atoms with Crippen molar-refractivity contribution in [3.8, 4) is 5.69 Å². The summed E-state index contributed by atoms with van der Waals surface area (Å²) < 4.78 is 3.83. The van der Waals surface area contributed by atoms with Crippen LogP contribution in [0.15, 0.2) is 70.6 Å². The first-order valence-corrected chi connectivity index (χ1v) is 13.4. The number of aromatic nitrogens is 4. The molecule has 0 saturated carbocycles. The third kappa shape index (κ3) is 3.69. The van der Waals surface area contributed by atoms with Crippen LogP contribution in [-0.4, -0.2) is 24.9 Å². The molecule has 34 heavy (non-hydrogen) atoms. The molecule has 2 aromatic carbocycles. The number of thiophene rings is 1. The topological polar surface area (TPSA) is 52.2 Å². The van der Waals surface area contributed by atoms with Crippen LogP contribution in [0, 0.1) is 6.92 Å². The van der Waals surface area contributed by atoms with Crippen LogP contribution in [0.5, 0.6) is 0 Å². The predicted molar refractivity (Wildman–Crippen MR) is 142 cm³/mol. The van der Waals surface area contributed by atoms with Crippen LogP contribution in [-0.2, 0) is 12.8 Å². The normalized spacial score (nSPS) is 13.8. The molecule has 7 heteroatoms. The summed E-state index contributed by atoms with van der Waals surface area (Å²) in [5, 5.41) is 10.7. The third-order valence-electron chi connectivity index (χ3n) is 6.30. The fourth-order valence-electron chi connectivity index (χ4n) is 4.61. The lowest BCUT2D eigenvalue weighted by molar-refractivity contribution is 0.699. The first-order chi connectivity index (χ1) is 16.7. The van der Waals surface area contributed by atoms with Gasteiger partial charge in [0.05, 0.1) is 11.1 Å². The van der Waals surface area contributed by atoms with Gasteiger partial charge in [0, 0.05) is 10.6 Å². The molecule has 0 atom stereocenters. The number of hydrogen-bond donors (Lipinski definition) is 0. The Morgan fingerprint density at radius 2 is 1.82 bits per heavy atom. The van der Waals surface area contributed by atoms with E-state index in [2.05, 4.69) is 45.8 Å². The Kier molecular flexibility index (Phi) is 5.59. The van der Waals surface area contributed by atoms with Gasteiger partial charge in [-0.05, 0) is 55.9 Å². The van der Waals surface area contributed by atoms with Crippen molar-refractivity contribution in [2.24, 2.45) is 0 Å². The number of aryl methyl sites for hydroxylation is 3. The number of hydrogen-bond acceptors (Lipinski definition) is 5. The lowest BCUT2D eigenvalue weighted by Gasteiger charge is -2.12. The lowest BCUT2D eigenvalue weighted by atomic mass is 9.97. The molecule has 0 bridgehead atoms. The predicted octanol–water partition coefficient (Wildman–Crippen LogP) is 6.09. The molecule has 0 aliphatic heterocycles. The van der Waals surface area contributed by atoms with Crippen molar-refractivity contribution in [2.45, 2.75) is 37.8 Å². The maximum atomic E-state index is 13.9. The van der Waals surface area contributed by atoms with Gasteiger partial charge >= 0.3 is 0 Å². The summed E-state index contributed by atoms with van der Waals surface area (Å²) in [5.74, 6) is 1.35. The van der Waals surface area contributed by atoms with Gasteiger partial charge in [-0.15, -0.1) is 21.5 Å². The monoisotopic (exact) mass is 484 g/mol. The van der Waals surface area contributed by atoms with Crippen molar-refractivity contribution in [3.63, 3.8) is 0 Å². The highest BCUT2D eigenvalue weighted by Crippen LogP contribution is 2.36. The molecule has 0 radical (unpaired) electrons. The van der Waals surface area contributed by atoms with Gasteiger partial charge in [-0.25, -0.2) is 8.97 Å². The van der Waals surface area contributed by atoms with Gasteiger partial charge in [-0.2, -0.15) is 0 Å². The third-order valence-corrected chi connectivity index (χ3v) is 8.46. The Bertz CT molecular complexity index is 1580. The Morgan fingerprint density at radius 1 is 1.03 bits per heavy atom. The van der Waals surface area contributed by atoms with Gasteiger partial charge < -0.3 is 0 Å². The van der Waals surface area contributed by atoms with Crippen LogP contribution in [0.4, 0.5) is 0 Å². The van der Waals surface area contributed by atoms with E-state index < -0.39 is 0 Å². The van der Waals surface area contributed by atoms with Gasteiger partial charge in [-0.1, -0.05) is 71.9 Å². The number of thioether (sulfide) groups is 1. The standard InChI is InChI=1S/C27H24N4OS2/c1-18-13-15-20(16-14-18)30-24(32)23-21-11-5-6-12-22(21)34-25(23)31-26(30)28-29-27(31)33-17-7-10-19-8-3-2-4-9-19/h2-4,7-10,13-16H,5-6,11-12,17H2,1H3/b10-7+. The number of fused-ring (bicyclic) bond motifs is 5. The first-order valence-electron chi connectivity index (χ1n) is 11.6. The molecule has 0 fully saturated rings. The van der Waals surface area contributed by atoms with Crippen LogP contribution in [0.3, 0.4) is 0 Å². The second-order valence-corrected chi connectivity index (χ2v) is 10.7. The zero-order valence-electron chi connectivity index (χ0n) is 18.9. The second-order valence-electron chi connectivity index (χ2n) is 8.61. The Hall–Kier alpha value is -3.16. The molecule has 170 valence electrons. The van der Waals surface area contributed by atoms with Crippen LogP contribution >= 0.6 is 23.1 Å². The number of rotatable bonds is 5. The van der Waals surface area contributed by atoms with E-state index in [1.807, 2.05) is 42.5 Å². The second kappa shape index (κ2) is 8.89. The molecule has 0 spiro atoms. The van der Waals surface area contributed by atoms with Crippen molar-refractivity contribution in [2.75, 3.05) is 5.75 Å². The molecule has 3 aromatic heterocycles. The van der Waals surface area contributed by atoms with Crippen molar-refractivity contribution < 1.29 is 0 Å². The minimum Gasteiger partial charge on any atom is -0.268 e. The van der Waals surface area contributed by atoms with Crippen molar-refractivity contribution in [1.82, 2.24) is 19.2 Å². The summed E-state index contributed by atoms with van der Waals surface area (Å²) >= 11 is 3.39. The fourth-order valence-corrected chi connectivity index (χ4v) is 6.79. The minimum absolute atomic E-state index is 0.0127. The Morgan fingerprint density at radius 3 is 2.65 bits per heavy atom. The van der Waals surface area contributed by atoms with E-state index in [0.717, 1.165) is 51.6 Å². The van der Waals surface area contributed by atoms with Gasteiger partial charge in [0.1, 0.15) is 4.83 Å². The van der Waals surface area contributed by atoms with Crippen molar-refractivity contribution in [3.05, 3.63) is 92.6 Å². The zero-order valence-corrected chi connectivity index (χ0v) is 20.5. The minimum atomic E-state index is 0.0127. The Labute approximate surface area is 205 Å². The van der Waals surface area contributed by atoms with E-state index in [9.17, 15) is 4.79 Å². The molecule has 0 saturated heterocycles. The molecular formula is C27H24N4OS2. The SMILES string of the molecule is Cc1ccc(-n2c(=O)c3c4c(sc3n3c(SC/C=C/c5ccccc5)nnc23)CCCC4)cc1. The lowest BCUT2D eigenvalue weighted by Crippen LogP contribution is -2.22. The highest BCUT2D eigenvalue weighted by atomic mass is 32.2. The molecule has 0 amide bonds. The van der Waals surface area contributed by atoms with Crippen molar-refractivity contribution in [1.29, 1.82) is 0 Å². The van der Waals surface area contributed by atoms with Crippen LogP contribution in [0.25, 0.3) is 27.8 Å². The molecule has 0 unspecified atom stereocenters. The summed E-state index contributed by atoms with van der Waals surface area (Å²) in [6, 6.07) is 18.3. The average Bonchev–Trinajstić information content (AvgIpc) is 3.45. The van der Waals surface area contributed by atoms with Crippen LogP contribution < -0.4 is 5.56 Å². The van der Waals surface area contributed by atoms with E-state index >= 15 is 0 Å². The summed E-state index contributed by atoms with van der Waals surface area (Å²) in [4.78, 5) is 16.2. The molecular weight excluding hydrogens is 460 g/mol. The number of nitrogens with zero attached hydrogens (tertiary/aromatic N) is 4. The van der Waals surface area contributed by atoms with E-state index in [-0.39, 0.29) is 5.56 Å². The summed E-state index contributed by atoms with van der Waals surface area (Å²) in [5.41, 5.74) is 4.40. The van der Waals surface area contributed by atoms with Crippen molar-refractivity contribution >= 4 is 45.2 Å². The quantitative estimate of drug-likeness (QED) is 0.283. The van der Waals surface area contributed by atoms with Gasteiger partial charge in [0.15, 0.2) is 5.16 Å². The molecule has 1 aliphatic rings. The molecule has 6 rings (SSSR count). The van der Waals surface area contributed by atoms with E-state index in [1.165, 1.54) is 22.4 Å². The average molecular weight is 485 g/mol. The van der Waals surface area contributed by atoms with Crippen LogP contribution in [0.1, 0.15) is 34.4 Å². The first kappa shape index (κ1) is 21.4. The zero-order chi connectivity index (χ0) is 23.1. The van der Waals surface area contributed by atoms with Crippen LogP contribution in [0.2, 0.25) is 0 Å². The fraction of sp³-hybridized carbons (Fsp3) is 0.222. The smallest absolute Gasteiger partial charge is 0.268 e. The van der Waals surface area contributed by atoms with E-state index in [0.29, 0.717) is 5.78 Å². The van der Waals surface area contributed by atoms with Gasteiger partial charge in [0.25, 0.3) is 5.56 Å². The summed E-state index contributed by atoms with van der Waals surface area (Å²) in [6.45, 7) is 2.05. The Balaban J connectivity index is 1.50. The highest BCUT2D eigenvalue weighted by Gasteiger charge is 2.25. The summed E-state index contributed by atoms with van der Waals surface area (Å²) in [7, 11) is 0. The maximum Gasteiger partial charge on any atom is 0.268 e. The van der Waals surface area contributed by atoms with Gasteiger partial charge in [-0.3, -0.25) is 4.79 Å². The summed E-state index contributed by atoms with van der Waals surface area (Å²) in [6.07, 6.45) is 8.60. The highest BCUT2D eigenvalue weighted by molar-refractivity contribution is 7.99. The molecule has 1 aliphatic carbocycles. The van der Waals surface area contributed by atoms with Gasteiger partial charge in [0.2, 0.25) is 5.78 Å². The van der Waals surface area contributed by atoms with E-state index in [1.54, 1.807) is 27.7 Å². The molecule has 3 heterocycles. The van der Waals surface area contributed by atoms with E-state index in [4.69, 9.17) is 0 Å². The largest absolute Gasteiger partial charge is 0.268 e. The molecule has 5 aromatic rings. The number of benzene rings is 2. The molecule has 5 nitrogen and oxygen atoms in total.